The van der Waals surface area contributed by atoms with Gasteiger partial charge in [-0.2, -0.15) is 0 Å². The summed E-state index contributed by atoms with van der Waals surface area (Å²) in [5, 5.41) is 3.64. The summed E-state index contributed by atoms with van der Waals surface area (Å²) < 4.78 is 11.1. The predicted octanol–water partition coefficient (Wildman–Crippen LogP) is 3.57. The van der Waals surface area contributed by atoms with Crippen molar-refractivity contribution in [3.8, 4) is 11.5 Å². The molecule has 0 spiro atoms. The van der Waals surface area contributed by atoms with Crippen molar-refractivity contribution in [1.82, 2.24) is 9.88 Å². The molecule has 0 aliphatic carbocycles. The van der Waals surface area contributed by atoms with Crippen LogP contribution in [0.4, 0.5) is 5.13 Å². The normalized spacial score (nSPS) is 18.7. The first-order valence-electron chi connectivity index (χ1n) is 9.56. The molecular weight excluding hydrogens is 362 g/mol. The Morgan fingerprint density at radius 2 is 2.22 bits per heavy atom. The third-order valence-corrected chi connectivity index (χ3v) is 6.02. The van der Waals surface area contributed by atoms with E-state index in [0.29, 0.717) is 17.6 Å². The van der Waals surface area contributed by atoms with Crippen LogP contribution in [0, 0.1) is 5.92 Å². The number of nitrogens with zero attached hydrogens (tertiary/aromatic N) is 2. The van der Waals surface area contributed by atoms with Crippen LogP contribution in [0.15, 0.2) is 35.0 Å². The van der Waals surface area contributed by atoms with Crippen molar-refractivity contribution < 1.29 is 13.9 Å². The van der Waals surface area contributed by atoms with Crippen LogP contribution in [0.1, 0.15) is 24.1 Å². The van der Waals surface area contributed by atoms with Gasteiger partial charge in [0, 0.05) is 31.2 Å². The van der Waals surface area contributed by atoms with Gasteiger partial charge in [-0.15, -0.1) is 11.3 Å². The number of hydrogen-bond donors (Lipinski definition) is 1. The van der Waals surface area contributed by atoms with E-state index in [4.69, 9.17) is 9.15 Å². The maximum Gasteiger partial charge on any atom is 0.240 e. The van der Waals surface area contributed by atoms with Gasteiger partial charge in [0.2, 0.25) is 5.91 Å². The maximum absolute atomic E-state index is 12.4. The van der Waals surface area contributed by atoms with Crippen LogP contribution in [-0.4, -0.2) is 48.6 Å². The SMILES string of the molecule is O=C(CN1CC=CCC1)Nc1nc(-c2ccco2)c(CC2CCOCC2)s1. The number of anilines is 1. The Labute approximate surface area is 163 Å². The molecule has 1 fully saturated rings. The van der Waals surface area contributed by atoms with Crippen molar-refractivity contribution in [2.75, 3.05) is 38.2 Å². The van der Waals surface area contributed by atoms with Crippen LogP contribution in [0.3, 0.4) is 0 Å². The number of ether oxygens (including phenoxy) is 1. The van der Waals surface area contributed by atoms with Gasteiger partial charge in [-0.05, 0) is 43.7 Å². The molecule has 0 saturated carbocycles. The van der Waals surface area contributed by atoms with Crippen molar-refractivity contribution >= 4 is 22.4 Å². The lowest BCUT2D eigenvalue weighted by atomic mass is 9.95. The van der Waals surface area contributed by atoms with Crippen molar-refractivity contribution in [2.45, 2.75) is 25.7 Å². The van der Waals surface area contributed by atoms with Crippen LogP contribution in [0.5, 0.6) is 0 Å². The molecule has 0 unspecified atom stereocenters. The Bertz CT molecular complexity index is 779. The van der Waals surface area contributed by atoms with Gasteiger partial charge in [-0.1, -0.05) is 12.2 Å². The molecule has 0 bridgehead atoms. The summed E-state index contributed by atoms with van der Waals surface area (Å²) in [4.78, 5) is 20.4. The minimum absolute atomic E-state index is 0.0114. The van der Waals surface area contributed by atoms with Gasteiger partial charge in [0.05, 0.1) is 12.8 Å². The number of rotatable bonds is 6. The van der Waals surface area contributed by atoms with E-state index in [1.54, 1.807) is 17.6 Å². The Kier molecular flexibility index (Phi) is 6.01. The molecule has 2 aromatic heterocycles. The number of amides is 1. The third-order valence-electron chi connectivity index (χ3n) is 5.02. The van der Waals surface area contributed by atoms with Gasteiger partial charge in [0.15, 0.2) is 10.9 Å². The first-order valence-corrected chi connectivity index (χ1v) is 10.4. The fraction of sp³-hybridized carbons (Fsp3) is 0.500. The Hall–Kier alpha value is -1.96. The molecule has 7 heteroatoms. The zero-order chi connectivity index (χ0) is 18.5. The minimum Gasteiger partial charge on any atom is -0.463 e. The average molecular weight is 388 g/mol. The average Bonchev–Trinajstić information content (AvgIpc) is 3.33. The highest BCUT2D eigenvalue weighted by Crippen LogP contribution is 2.35. The van der Waals surface area contributed by atoms with E-state index >= 15 is 0 Å². The second-order valence-corrected chi connectivity index (χ2v) is 8.15. The van der Waals surface area contributed by atoms with Crippen molar-refractivity contribution in [2.24, 2.45) is 5.92 Å². The molecule has 144 valence electrons. The molecule has 2 aliphatic rings. The number of furan rings is 1. The number of thiazole rings is 1. The largest absolute Gasteiger partial charge is 0.463 e. The highest BCUT2D eigenvalue weighted by molar-refractivity contribution is 7.16. The van der Waals surface area contributed by atoms with Gasteiger partial charge in [0.1, 0.15) is 5.69 Å². The summed E-state index contributed by atoms with van der Waals surface area (Å²) in [5.74, 6) is 1.34. The molecule has 27 heavy (non-hydrogen) atoms. The molecule has 0 radical (unpaired) electrons. The summed E-state index contributed by atoms with van der Waals surface area (Å²) in [6, 6.07) is 3.79. The van der Waals surface area contributed by atoms with Crippen LogP contribution >= 0.6 is 11.3 Å². The van der Waals surface area contributed by atoms with Crippen molar-refractivity contribution in [3.05, 3.63) is 35.4 Å². The summed E-state index contributed by atoms with van der Waals surface area (Å²) >= 11 is 1.57. The fourth-order valence-corrected chi connectivity index (χ4v) is 4.65. The van der Waals surface area contributed by atoms with Crippen LogP contribution in [0.25, 0.3) is 11.5 Å². The summed E-state index contributed by atoms with van der Waals surface area (Å²) in [6.45, 7) is 3.81. The first kappa shape index (κ1) is 18.4. The monoisotopic (exact) mass is 387 g/mol. The number of carbonyl (C=O) groups is 1. The van der Waals surface area contributed by atoms with Gasteiger partial charge in [-0.3, -0.25) is 9.69 Å². The van der Waals surface area contributed by atoms with Crippen LogP contribution in [-0.2, 0) is 16.0 Å². The third kappa shape index (κ3) is 4.86. The van der Waals surface area contributed by atoms with Crippen molar-refractivity contribution in [1.29, 1.82) is 0 Å². The summed E-state index contributed by atoms with van der Waals surface area (Å²) in [5.41, 5.74) is 0.854. The Morgan fingerprint density at radius 1 is 1.33 bits per heavy atom. The van der Waals surface area contributed by atoms with Gasteiger partial charge in [0.25, 0.3) is 0 Å². The van der Waals surface area contributed by atoms with E-state index in [1.807, 2.05) is 12.1 Å². The molecule has 4 heterocycles. The molecule has 2 aromatic rings. The van der Waals surface area contributed by atoms with Gasteiger partial charge in [-0.25, -0.2) is 4.98 Å². The molecule has 6 nitrogen and oxygen atoms in total. The van der Waals surface area contributed by atoms with Gasteiger partial charge >= 0.3 is 0 Å². The standard InChI is InChI=1S/C20H25N3O3S/c24-18(14-23-8-2-1-3-9-23)21-20-22-19(16-5-4-10-26-16)17(27-20)13-15-6-11-25-12-7-15/h1-2,4-5,10,15H,3,6-9,11-14H2,(H,21,22,24). The molecule has 2 aliphatic heterocycles. The lowest BCUT2D eigenvalue weighted by Gasteiger charge is -2.21. The molecule has 4 rings (SSSR count). The lowest BCUT2D eigenvalue weighted by Crippen LogP contribution is -2.35. The summed E-state index contributed by atoms with van der Waals surface area (Å²) in [7, 11) is 0. The van der Waals surface area contributed by atoms with Crippen molar-refractivity contribution in [3.63, 3.8) is 0 Å². The zero-order valence-electron chi connectivity index (χ0n) is 15.4. The van der Waals surface area contributed by atoms with E-state index in [-0.39, 0.29) is 5.91 Å². The van der Waals surface area contributed by atoms with E-state index < -0.39 is 0 Å². The molecular formula is C20H25N3O3S. The molecule has 1 amide bonds. The second kappa shape index (κ2) is 8.82. The van der Waals surface area contributed by atoms with E-state index in [0.717, 1.165) is 63.4 Å². The Balaban J connectivity index is 1.46. The Morgan fingerprint density at radius 3 is 2.96 bits per heavy atom. The molecule has 1 saturated heterocycles. The topological polar surface area (TPSA) is 67.6 Å². The smallest absolute Gasteiger partial charge is 0.240 e. The second-order valence-electron chi connectivity index (χ2n) is 7.07. The highest BCUT2D eigenvalue weighted by Gasteiger charge is 2.22. The number of hydrogen-bond acceptors (Lipinski definition) is 6. The number of aromatic nitrogens is 1. The van der Waals surface area contributed by atoms with Crippen LogP contribution in [0.2, 0.25) is 0 Å². The summed E-state index contributed by atoms with van der Waals surface area (Å²) in [6.07, 6.45) is 10.0. The fourth-order valence-electron chi connectivity index (χ4n) is 3.56. The van der Waals surface area contributed by atoms with E-state index in [2.05, 4.69) is 27.4 Å². The highest BCUT2D eigenvalue weighted by atomic mass is 32.1. The first-order chi connectivity index (χ1) is 13.3. The van der Waals surface area contributed by atoms with E-state index in [1.165, 1.54) is 4.88 Å². The quantitative estimate of drug-likeness (QED) is 0.768. The number of nitrogens with one attached hydrogen (secondary N) is 1. The number of carbonyl (C=O) groups excluding carboxylic acids is 1. The molecule has 1 N–H and O–H groups in total. The molecule has 0 aromatic carbocycles. The lowest BCUT2D eigenvalue weighted by molar-refractivity contribution is -0.117. The van der Waals surface area contributed by atoms with Crippen LogP contribution < -0.4 is 5.32 Å². The zero-order valence-corrected chi connectivity index (χ0v) is 16.2. The predicted molar refractivity (Wildman–Crippen MR) is 106 cm³/mol. The maximum atomic E-state index is 12.4. The van der Waals surface area contributed by atoms with Gasteiger partial charge < -0.3 is 14.5 Å². The van der Waals surface area contributed by atoms with E-state index in [9.17, 15) is 4.79 Å². The molecule has 0 atom stereocenters. The minimum atomic E-state index is -0.0114.